The minimum absolute atomic E-state index is 0.0826. The Kier molecular flexibility index (Phi) is 8.47. The third-order valence-corrected chi connectivity index (χ3v) is 4.72. The van der Waals surface area contributed by atoms with Crippen molar-refractivity contribution < 1.29 is 9.53 Å². The van der Waals surface area contributed by atoms with Crippen LogP contribution in [0.4, 0.5) is 0 Å². The predicted molar refractivity (Wildman–Crippen MR) is 121 cm³/mol. The molecule has 0 aliphatic rings. The van der Waals surface area contributed by atoms with Gasteiger partial charge in [0.25, 0.3) is 0 Å². The lowest BCUT2D eigenvalue weighted by Gasteiger charge is -2.24. The lowest BCUT2D eigenvalue weighted by Crippen LogP contribution is -2.36. The highest BCUT2D eigenvalue weighted by molar-refractivity contribution is 5.82. The maximum Gasteiger partial charge on any atom is 0.227 e. The molecule has 0 saturated heterocycles. The first kappa shape index (κ1) is 22.2. The molecule has 2 aromatic carbocycles. The summed E-state index contributed by atoms with van der Waals surface area (Å²) in [6, 6.07) is 18.2. The molecule has 29 heavy (non-hydrogen) atoms. The van der Waals surface area contributed by atoms with Gasteiger partial charge in [0.15, 0.2) is 0 Å². The highest BCUT2D eigenvalue weighted by atomic mass is 16.5. The van der Waals surface area contributed by atoms with E-state index in [4.69, 9.17) is 4.74 Å². The van der Waals surface area contributed by atoms with E-state index in [0.717, 1.165) is 34.3 Å². The molecular formula is C26H31NO2. The number of benzene rings is 2. The van der Waals surface area contributed by atoms with Gasteiger partial charge in [-0.25, -0.2) is 0 Å². The lowest BCUT2D eigenvalue weighted by atomic mass is 9.97. The van der Waals surface area contributed by atoms with Crippen LogP contribution in [0.15, 0.2) is 91.2 Å². The summed E-state index contributed by atoms with van der Waals surface area (Å²) < 4.78 is 5.62. The van der Waals surface area contributed by atoms with Crippen LogP contribution in [0.1, 0.15) is 25.8 Å². The molecule has 0 saturated carbocycles. The molecule has 0 aliphatic heterocycles. The van der Waals surface area contributed by atoms with Gasteiger partial charge in [-0.2, -0.15) is 0 Å². The van der Waals surface area contributed by atoms with E-state index in [0.29, 0.717) is 31.9 Å². The Balaban J connectivity index is 2.11. The molecule has 0 aromatic heterocycles. The molecule has 3 nitrogen and oxygen atoms in total. The van der Waals surface area contributed by atoms with Crippen molar-refractivity contribution >= 4 is 5.91 Å². The molecule has 1 amide bonds. The standard InChI is InChI=1S/C26H31NO2/c1-20(2)15-16-27(17-18-29-22(5)21(3)4)26(28)19-24-13-9-10-14-25(24)23-11-7-6-8-12-23/h6-14H,1,3,5,15-19H2,2,4H3. The summed E-state index contributed by atoms with van der Waals surface area (Å²) in [7, 11) is 0. The summed E-state index contributed by atoms with van der Waals surface area (Å²) in [5, 5.41) is 0. The van der Waals surface area contributed by atoms with E-state index in [9.17, 15) is 4.79 Å². The molecule has 0 fully saturated rings. The number of allylic oxidation sites excluding steroid dienone is 1. The largest absolute Gasteiger partial charge is 0.492 e. The Morgan fingerprint density at radius 3 is 2.24 bits per heavy atom. The molecule has 0 unspecified atom stereocenters. The Morgan fingerprint density at radius 2 is 1.59 bits per heavy atom. The second-order valence-corrected chi connectivity index (χ2v) is 7.34. The monoisotopic (exact) mass is 389 g/mol. The van der Waals surface area contributed by atoms with E-state index in [2.05, 4.69) is 37.9 Å². The van der Waals surface area contributed by atoms with Crippen LogP contribution < -0.4 is 0 Å². The topological polar surface area (TPSA) is 29.5 Å². The molecule has 2 aromatic rings. The van der Waals surface area contributed by atoms with Crippen LogP contribution in [0.2, 0.25) is 0 Å². The van der Waals surface area contributed by atoms with Gasteiger partial charge in [-0.05, 0) is 42.5 Å². The van der Waals surface area contributed by atoms with Crippen LogP contribution >= 0.6 is 0 Å². The van der Waals surface area contributed by atoms with Crippen molar-refractivity contribution in [3.8, 4) is 11.1 Å². The van der Waals surface area contributed by atoms with Gasteiger partial charge in [-0.1, -0.05) is 73.3 Å². The summed E-state index contributed by atoms with van der Waals surface area (Å²) in [6.45, 7) is 17.0. The van der Waals surface area contributed by atoms with Crippen LogP contribution in [0.5, 0.6) is 0 Å². The fraction of sp³-hybridized carbons (Fsp3) is 0.269. The van der Waals surface area contributed by atoms with Gasteiger partial charge in [-0.15, -0.1) is 6.58 Å². The summed E-state index contributed by atoms with van der Waals surface area (Å²) in [6.07, 6.45) is 1.12. The quantitative estimate of drug-likeness (QED) is 0.276. The van der Waals surface area contributed by atoms with E-state index in [1.165, 1.54) is 0 Å². The first-order chi connectivity index (χ1) is 13.9. The average Bonchev–Trinajstić information content (AvgIpc) is 2.71. The number of rotatable bonds is 11. The maximum absolute atomic E-state index is 13.1. The zero-order chi connectivity index (χ0) is 21.2. The van der Waals surface area contributed by atoms with Crippen molar-refractivity contribution in [1.29, 1.82) is 0 Å². The van der Waals surface area contributed by atoms with Crippen LogP contribution in [-0.2, 0) is 16.0 Å². The fourth-order valence-corrected chi connectivity index (χ4v) is 2.94. The van der Waals surface area contributed by atoms with Gasteiger partial charge < -0.3 is 9.64 Å². The summed E-state index contributed by atoms with van der Waals surface area (Å²) in [5.41, 5.74) is 5.08. The smallest absolute Gasteiger partial charge is 0.227 e. The molecule has 0 aliphatic carbocycles. The molecule has 0 radical (unpaired) electrons. The normalized spacial score (nSPS) is 10.3. The van der Waals surface area contributed by atoms with Gasteiger partial charge >= 0.3 is 0 Å². The average molecular weight is 390 g/mol. The van der Waals surface area contributed by atoms with Crippen LogP contribution in [0.3, 0.4) is 0 Å². The highest BCUT2D eigenvalue weighted by Crippen LogP contribution is 2.24. The van der Waals surface area contributed by atoms with Crippen molar-refractivity contribution in [3.63, 3.8) is 0 Å². The number of amides is 1. The Labute approximate surface area is 175 Å². The van der Waals surface area contributed by atoms with Gasteiger partial charge in [0, 0.05) is 6.54 Å². The molecule has 152 valence electrons. The zero-order valence-electron chi connectivity index (χ0n) is 17.6. The summed E-state index contributed by atoms with van der Waals surface area (Å²) >= 11 is 0. The van der Waals surface area contributed by atoms with Crippen molar-refractivity contribution in [3.05, 3.63) is 96.8 Å². The van der Waals surface area contributed by atoms with E-state index in [-0.39, 0.29) is 5.91 Å². The lowest BCUT2D eigenvalue weighted by molar-refractivity contribution is -0.131. The van der Waals surface area contributed by atoms with Crippen molar-refractivity contribution in [2.75, 3.05) is 19.7 Å². The molecule has 0 heterocycles. The van der Waals surface area contributed by atoms with Gasteiger partial charge in [0.2, 0.25) is 5.91 Å². The first-order valence-electron chi connectivity index (χ1n) is 9.91. The van der Waals surface area contributed by atoms with E-state index in [1.807, 2.05) is 55.1 Å². The van der Waals surface area contributed by atoms with Crippen LogP contribution in [-0.4, -0.2) is 30.5 Å². The zero-order valence-corrected chi connectivity index (χ0v) is 17.6. The minimum atomic E-state index is 0.0826. The highest BCUT2D eigenvalue weighted by Gasteiger charge is 2.16. The van der Waals surface area contributed by atoms with Crippen molar-refractivity contribution in [2.45, 2.75) is 26.7 Å². The molecule has 3 heteroatoms. The number of ether oxygens (including phenoxy) is 1. The number of carbonyl (C=O) groups is 1. The Hall–Kier alpha value is -3.07. The van der Waals surface area contributed by atoms with Crippen LogP contribution in [0.25, 0.3) is 11.1 Å². The molecule has 0 bridgehead atoms. The third-order valence-electron chi connectivity index (χ3n) is 4.72. The van der Waals surface area contributed by atoms with Crippen molar-refractivity contribution in [2.24, 2.45) is 0 Å². The van der Waals surface area contributed by atoms with E-state index < -0.39 is 0 Å². The van der Waals surface area contributed by atoms with Crippen molar-refractivity contribution in [1.82, 2.24) is 4.90 Å². The van der Waals surface area contributed by atoms with Gasteiger partial charge in [-0.3, -0.25) is 4.79 Å². The minimum Gasteiger partial charge on any atom is -0.492 e. The number of nitrogens with zero attached hydrogens (tertiary/aromatic N) is 1. The van der Waals surface area contributed by atoms with Gasteiger partial charge in [0.05, 0.1) is 13.0 Å². The fourth-order valence-electron chi connectivity index (χ4n) is 2.94. The maximum atomic E-state index is 13.1. The summed E-state index contributed by atoms with van der Waals surface area (Å²) in [5.74, 6) is 0.644. The Bertz CT molecular complexity index is 867. The molecule has 2 rings (SSSR count). The van der Waals surface area contributed by atoms with Crippen LogP contribution in [0, 0.1) is 0 Å². The molecule has 0 atom stereocenters. The third kappa shape index (κ3) is 7.11. The van der Waals surface area contributed by atoms with E-state index >= 15 is 0 Å². The predicted octanol–water partition coefficient (Wildman–Crippen LogP) is 5.80. The summed E-state index contributed by atoms with van der Waals surface area (Å²) in [4.78, 5) is 15.0. The van der Waals surface area contributed by atoms with E-state index in [1.54, 1.807) is 0 Å². The number of hydrogen-bond donors (Lipinski definition) is 0. The van der Waals surface area contributed by atoms with Gasteiger partial charge in [0.1, 0.15) is 12.4 Å². The first-order valence-corrected chi connectivity index (χ1v) is 9.91. The molecule has 0 N–H and O–H groups in total. The molecule has 0 spiro atoms. The Morgan fingerprint density at radius 1 is 0.931 bits per heavy atom. The number of carbonyl (C=O) groups excluding carboxylic acids is 1. The second-order valence-electron chi connectivity index (χ2n) is 7.34. The number of hydrogen-bond acceptors (Lipinski definition) is 2. The second kappa shape index (κ2) is 11.1. The SMILES string of the molecule is C=C(C)CCN(CCOC(=C)C(=C)C)C(=O)Cc1ccccc1-c1ccccc1. The molecular weight excluding hydrogens is 358 g/mol.